The normalized spacial score (nSPS) is 13.0. The number of aryl methyl sites for hydroxylation is 1. The van der Waals surface area contributed by atoms with Gasteiger partial charge in [-0.05, 0) is 76.4 Å². The lowest BCUT2D eigenvalue weighted by atomic mass is 9.91. The van der Waals surface area contributed by atoms with E-state index in [2.05, 4.69) is 152 Å². The number of hydrogen-bond donors (Lipinski definition) is 0. The van der Waals surface area contributed by atoms with E-state index in [4.69, 9.17) is 18.8 Å². The van der Waals surface area contributed by atoms with Gasteiger partial charge < -0.3 is 8.83 Å². The van der Waals surface area contributed by atoms with Crippen molar-refractivity contribution in [3.05, 3.63) is 181 Å². The fourth-order valence-corrected chi connectivity index (χ4v) is 8.90. The molecular formula is C52H32N2O2. The third-order valence-corrected chi connectivity index (χ3v) is 11.6. The number of hydrogen-bond acceptors (Lipinski definition) is 4. The van der Waals surface area contributed by atoms with Crippen LogP contribution in [-0.4, -0.2) is 10.7 Å². The monoisotopic (exact) mass is 716 g/mol. The van der Waals surface area contributed by atoms with Crippen molar-refractivity contribution in [1.29, 1.82) is 0 Å². The summed E-state index contributed by atoms with van der Waals surface area (Å²) in [6.45, 7) is 0. The van der Waals surface area contributed by atoms with Gasteiger partial charge in [-0.15, -0.1) is 0 Å². The summed E-state index contributed by atoms with van der Waals surface area (Å²) in [5.74, 6) is 0. The van der Waals surface area contributed by atoms with Gasteiger partial charge in [0.2, 0.25) is 0 Å². The van der Waals surface area contributed by atoms with E-state index in [1.807, 2.05) is 18.2 Å². The number of rotatable bonds is 4. The first-order chi connectivity index (χ1) is 27.7. The second-order valence-corrected chi connectivity index (χ2v) is 14.8. The Bertz CT molecular complexity index is 3420. The highest BCUT2D eigenvalue weighted by Gasteiger charge is 2.22. The van der Waals surface area contributed by atoms with Crippen molar-refractivity contribution < 1.29 is 8.83 Å². The molecular weight excluding hydrogens is 685 g/mol. The van der Waals surface area contributed by atoms with Gasteiger partial charge in [0, 0.05) is 49.2 Å². The predicted octanol–water partition coefficient (Wildman–Crippen LogP) is 14.3. The maximum atomic E-state index is 6.77. The molecule has 0 N–H and O–H groups in total. The lowest BCUT2D eigenvalue weighted by molar-refractivity contribution is 0.670. The van der Waals surface area contributed by atoms with Crippen LogP contribution in [0.3, 0.4) is 0 Å². The summed E-state index contributed by atoms with van der Waals surface area (Å²) in [7, 11) is 0. The molecule has 56 heavy (non-hydrogen) atoms. The van der Waals surface area contributed by atoms with Gasteiger partial charge in [-0.3, -0.25) is 4.99 Å². The fourth-order valence-electron chi connectivity index (χ4n) is 8.90. The van der Waals surface area contributed by atoms with E-state index in [0.717, 1.165) is 129 Å². The highest BCUT2D eigenvalue weighted by Crippen LogP contribution is 2.45. The van der Waals surface area contributed by atoms with Crippen LogP contribution < -0.4 is 0 Å². The van der Waals surface area contributed by atoms with E-state index in [-0.39, 0.29) is 0 Å². The molecule has 0 spiro atoms. The molecule has 8 aromatic carbocycles. The van der Waals surface area contributed by atoms with E-state index in [1.54, 1.807) is 0 Å². The summed E-state index contributed by atoms with van der Waals surface area (Å²) in [5.41, 5.74) is 15.4. The molecule has 11 aromatic rings. The van der Waals surface area contributed by atoms with Gasteiger partial charge in [0.05, 0.1) is 16.9 Å². The topological polar surface area (TPSA) is 51.5 Å². The Morgan fingerprint density at radius 2 is 1.11 bits per heavy atom. The zero-order valence-corrected chi connectivity index (χ0v) is 30.3. The summed E-state index contributed by atoms with van der Waals surface area (Å²) in [6.07, 6.45) is 1.78. The lowest BCUT2D eigenvalue weighted by Gasteiger charge is -2.18. The molecule has 4 heterocycles. The first-order valence-corrected chi connectivity index (χ1v) is 19.2. The molecule has 1 aliphatic heterocycles. The number of aromatic nitrogens is 1. The average Bonchev–Trinajstić information content (AvgIpc) is 3.85. The molecule has 0 radical (unpaired) electrons. The standard InChI is InChI=1S/C52H32N2O2/c1-2-11-31(12-3-1)44-27-25-32-23-24-33-26-28-45(54-50(33)49(32)53-44)35-14-8-13-34(29-35)36-18-10-22-47-48(36)43-30-42(37-15-4-5-17-39(37)52(43)56-47)41-20-9-19-40-38-16-6-7-21-46(38)55-51(40)41/h1-25,27,29-30H,26,28H2. The van der Waals surface area contributed by atoms with Crippen LogP contribution in [-0.2, 0) is 6.42 Å². The molecule has 3 aromatic heterocycles. The van der Waals surface area contributed by atoms with Crippen LogP contribution >= 0.6 is 0 Å². The first kappa shape index (κ1) is 31.1. The molecule has 0 unspecified atom stereocenters. The van der Waals surface area contributed by atoms with Crippen molar-refractivity contribution in [1.82, 2.24) is 4.98 Å². The van der Waals surface area contributed by atoms with Gasteiger partial charge in [-0.25, -0.2) is 4.98 Å². The number of fused-ring (bicyclic) bond motifs is 11. The Labute approximate surface area is 322 Å². The highest BCUT2D eigenvalue weighted by molar-refractivity contribution is 6.23. The minimum atomic E-state index is 0.863. The van der Waals surface area contributed by atoms with Gasteiger partial charge >= 0.3 is 0 Å². The van der Waals surface area contributed by atoms with E-state index in [9.17, 15) is 0 Å². The molecule has 0 fully saturated rings. The van der Waals surface area contributed by atoms with Crippen LogP contribution in [0.1, 0.15) is 17.5 Å². The third kappa shape index (κ3) is 4.72. The SMILES string of the molecule is c1ccc(-c2ccc3ccc4c(c3n2)N=C(c2cccc(-c3cccc5oc6c7ccccc7c(-c7cccc8c7oc7ccccc78)cc6c35)c2)CC4)cc1. The summed E-state index contributed by atoms with van der Waals surface area (Å²) < 4.78 is 13.3. The zero-order chi connectivity index (χ0) is 36.7. The van der Waals surface area contributed by atoms with Crippen molar-refractivity contribution in [3.63, 3.8) is 0 Å². The summed E-state index contributed by atoms with van der Waals surface area (Å²) in [4.78, 5) is 10.5. The van der Waals surface area contributed by atoms with E-state index >= 15 is 0 Å². The van der Waals surface area contributed by atoms with Crippen LogP contribution in [0.25, 0.3) is 99.1 Å². The molecule has 0 atom stereocenters. The maximum Gasteiger partial charge on any atom is 0.143 e. The number of aliphatic imine (C=N–C) groups is 1. The minimum Gasteiger partial charge on any atom is -0.455 e. The van der Waals surface area contributed by atoms with Crippen molar-refractivity contribution in [3.8, 4) is 33.5 Å². The molecule has 0 saturated heterocycles. The Morgan fingerprint density at radius 1 is 0.429 bits per heavy atom. The average molecular weight is 717 g/mol. The molecule has 0 aliphatic carbocycles. The van der Waals surface area contributed by atoms with Gasteiger partial charge in [-0.1, -0.05) is 140 Å². The Morgan fingerprint density at radius 3 is 2.04 bits per heavy atom. The van der Waals surface area contributed by atoms with Crippen LogP contribution in [0.5, 0.6) is 0 Å². The molecule has 0 saturated carbocycles. The number of furan rings is 2. The van der Waals surface area contributed by atoms with Crippen molar-refractivity contribution in [2.75, 3.05) is 0 Å². The quantitative estimate of drug-likeness (QED) is 0.182. The largest absolute Gasteiger partial charge is 0.455 e. The maximum absolute atomic E-state index is 6.77. The van der Waals surface area contributed by atoms with Gasteiger partial charge in [0.1, 0.15) is 22.3 Å². The predicted molar refractivity (Wildman–Crippen MR) is 231 cm³/mol. The molecule has 0 amide bonds. The Kier molecular flexibility index (Phi) is 6.72. The van der Waals surface area contributed by atoms with Crippen molar-refractivity contribution in [2.45, 2.75) is 12.8 Å². The molecule has 4 heteroatoms. The van der Waals surface area contributed by atoms with Crippen LogP contribution in [0, 0.1) is 0 Å². The molecule has 4 nitrogen and oxygen atoms in total. The number of benzene rings is 8. The second-order valence-electron chi connectivity index (χ2n) is 14.8. The summed E-state index contributed by atoms with van der Waals surface area (Å²) in [5, 5.41) is 7.73. The minimum absolute atomic E-state index is 0.863. The van der Waals surface area contributed by atoms with Crippen LogP contribution in [0.4, 0.5) is 5.69 Å². The number of pyridine rings is 1. The van der Waals surface area contributed by atoms with E-state index in [1.165, 1.54) is 5.56 Å². The van der Waals surface area contributed by atoms with Crippen LogP contribution in [0.15, 0.2) is 184 Å². The van der Waals surface area contributed by atoms with Crippen molar-refractivity contribution in [2.24, 2.45) is 4.99 Å². The van der Waals surface area contributed by atoms with Gasteiger partial charge in [0.15, 0.2) is 0 Å². The lowest BCUT2D eigenvalue weighted by Crippen LogP contribution is -2.08. The first-order valence-electron chi connectivity index (χ1n) is 19.2. The fraction of sp³-hybridized carbons (Fsp3) is 0.0385. The molecule has 12 rings (SSSR count). The second kappa shape index (κ2) is 12.1. The van der Waals surface area contributed by atoms with Gasteiger partial charge in [0.25, 0.3) is 0 Å². The smallest absolute Gasteiger partial charge is 0.143 e. The summed E-state index contributed by atoms with van der Waals surface area (Å²) in [6, 6.07) is 59.9. The highest BCUT2D eigenvalue weighted by atomic mass is 16.3. The zero-order valence-electron chi connectivity index (χ0n) is 30.3. The number of nitrogens with zero attached hydrogens (tertiary/aromatic N) is 2. The molecule has 262 valence electrons. The Balaban J connectivity index is 1.03. The number of para-hydroxylation sites is 2. The van der Waals surface area contributed by atoms with Crippen LogP contribution in [0.2, 0.25) is 0 Å². The summed E-state index contributed by atoms with van der Waals surface area (Å²) >= 11 is 0. The Hall–Kier alpha value is -7.30. The third-order valence-electron chi connectivity index (χ3n) is 11.6. The van der Waals surface area contributed by atoms with Crippen molar-refractivity contribution >= 4 is 77.0 Å². The van der Waals surface area contributed by atoms with E-state index < -0.39 is 0 Å². The molecule has 1 aliphatic rings. The van der Waals surface area contributed by atoms with Gasteiger partial charge in [-0.2, -0.15) is 0 Å². The molecule has 0 bridgehead atoms. The van der Waals surface area contributed by atoms with E-state index in [0.29, 0.717) is 0 Å².